The van der Waals surface area contributed by atoms with Gasteiger partial charge in [-0.2, -0.15) is 0 Å². The van der Waals surface area contributed by atoms with Crippen molar-refractivity contribution in [3.05, 3.63) is 16.3 Å². The summed E-state index contributed by atoms with van der Waals surface area (Å²) in [5.41, 5.74) is 0. The van der Waals surface area contributed by atoms with Gasteiger partial charge in [-0.3, -0.25) is 0 Å². The fraction of sp³-hybridized carbons (Fsp3) is 0.692. The topological polar surface area (TPSA) is 76.7 Å². The van der Waals surface area contributed by atoms with Crippen LogP contribution in [0.4, 0.5) is 0 Å². The lowest BCUT2D eigenvalue weighted by Gasteiger charge is -2.22. The number of ether oxygens (including phenoxy) is 2. The van der Waals surface area contributed by atoms with Crippen LogP contribution in [0.2, 0.25) is 0 Å². The highest BCUT2D eigenvalue weighted by molar-refractivity contribution is 7.89. The molecule has 0 radical (unpaired) electrons. The zero-order valence-corrected chi connectivity index (χ0v) is 13.3. The van der Waals surface area contributed by atoms with Gasteiger partial charge in [-0.05, 0) is 18.9 Å². The highest BCUT2D eigenvalue weighted by atomic mass is 32.2. The molecule has 1 saturated heterocycles. The molecule has 6 nitrogen and oxygen atoms in total. The molecule has 1 aliphatic carbocycles. The van der Waals surface area contributed by atoms with Crippen molar-refractivity contribution in [1.82, 2.24) is 10.0 Å². The first-order valence-electron chi connectivity index (χ1n) is 7.13. The van der Waals surface area contributed by atoms with Crippen LogP contribution >= 0.6 is 11.3 Å². The van der Waals surface area contributed by atoms with E-state index in [0.717, 1.165) is 11.4 Å². The summed E-state index contributed by atoms with van der Waals surface area (Å²) in [6.45, 7) is 2.51. The fourth-order valence-corrected chi connectivity index (χ4v) is 4.36. The molecule has 1 aromatic heterocycles. The maximum Gasteiger partial charge on any atom is 0.241 e. The second kappa shape index (κ2) is 6.72. The van der Waals surface area contributed by atoms with E-state index >= 15 is 0 Å². The molecule has 8 heteroatoms. The van der Waals surface area contributed by atoms with Gasteiger partial charge in [-0.15, -0.1) is 11.3 Å². The zero-order chi connectivity index (χ0) is 14.7. The van der Waals surface area contributed by atoms with Crippen molar-refractivity contribution in [1.29, 1.82) is 0 Å². The summed E-state index contributed by atoms with van der Waals surface area (Å²) in [6.07, 6.45) is 2.24. The van der Waals surface area contributed by atoms with E-state index in [0.29, 0.717) is 30.8 Å². The van der Waals surface area contributed by atoms with E-state index in [9.17, 15) is 8.42 Å². The maximum atomic E-state index is 12.2. The van der Waals surface area contributed by atoms with E-state index in [1.54, 1.807) is 11.4 Å². The Morgan fingerprint density at radius 2 is 2.19 bits per heavy atom. The second-order valence-corrected chi connectivity index (χ2v) is 8.09. The van der Waals surface area contributed by atoms with Crippen molar-refractivity contribution >= 4 is 21.4 Å². The zero-order valence-electron chi connectivity index (χ0n) is 11.7. The summed E-state index contributed by atoms with van der Waals surface area (Å²) in [7, 11) is -3.46. The Kier molecular flexibility index (Phi) is 4.92. The van der Waals surface area contributed by atoms with Crippen molar-refractivity contribution in [3.8, 4) is 0 Å². The lowest BCUT2D eigenvalue weighted by molar-refractivity contribution is -0.0846. The molecule has 1 unspecified atom stereocenters. The third kappa shape index (κ3) is 4.48. The SMILES string of the molecule is O=S(=O)(NCC1COCCO1)c1csc(CNC2CC2)c1. The molecule has 2 heterocycles. The molecule has 2 fully saturated rings. The maximum absolute atomic E-state index is 12.2. The highest BCUT2D eigenvalue weighted by Gasteiger charge is 2.22. The van der Waals surface area contributed by atoms with Gasteiger partial charge in [0.1, 0.15) is 0 Å². The first-order chi connectivity index (χ1) is 10.1. The van der Waals surface area contributed by atoms with Gasteiger partial charge in [-0.1, -0.05) is 0 Å². The molecule has 0 amide bonds. The van der Waals surface area contributed by atoms with Gasteiger partial charge in [0.05, 0.1) is 30.8 Å². The van der Waals surface area contributed by atoms with Crippen molar-refractivity contribution in [2.24, 2.45) is 0 Å². The van der Waals surface area contributed by atoms with Crippen molar-refractivity contribution in [2.45, 2.75) is 36.4 Å². The van der Waals surface area contributed by atoms with Gasteiger partial charge in [0, 0.05) is 29.4 Å². The van der Waals surface area contributed by atoms with Crippen molar-refractivity contribution in [3.63, 3.8) is 0 Å². The van der Waals surface area contributed by atoms with Gasteiger partial charge < -0.3 is 14.8 Å². The van der Waals surface area contributed by atoms with Gasteiger partial charge in [0.15, 0.2) is 0 Å². The molecule has 2 N–H and O–H groups in total. The highest BCUT2D eigenvalue weighted by Crippen LogP contribution is 2.22. The molecule has 1 aromatic rings. The van der Waals surface area contributed by atoms with Crippen LogP contribution < -0.4 is 10.0 Å². The summed E-state index contributed by atoms with van der Waals surface area (Å²) in [4.78, 5) is 1.37. The lowest BCUT2D eigenvalue weighted by atomic mass is 10.3. The second-order valence-electron chi connectivity index (χ2n) is 5.32. The lowest BCUT2D eigenvalue weighted by Crippen LogP contribution is -2.39. The molecular weight excluding hydrogens is 312 g/mol. The van der Waals surface area contributed by atoms with Crippen LogP contribution in [-0.4, -0.2) is 46.9 Å². The molecule has 1 aliphatic heterocycles. The van der Waals surface area contributed by atoms with Gasteiger partial charge in [-0.25, -0.2) is 13.1 Å². The van der Waals surface area contributed by atoms with Crippen LogP contribution in [0.25, 0.3) is 0 Å². The number of hydrogen-bond donors (Lipinski definition) is 2. The van der Waals surface area contributed by atoms with Gasteiger partial charge in [0.2, 0.25) is 10.0 Å². The van der Waals surface area contributed by atoms with E-state index in [4.69, 9.17) is 9.47 Å². The van der Waals surface area contributed by atoms with E-state index in [-0.39, 0.29) is 12.6 Å². The summed E-state index contributed by atoms with van der Waals surface area (Å²) in [6, 6.07) is 2.36. The third-order valence-electron chi connectivity index (χ3n) is 3.47. The number of nitrogens with one attached hydrogen (secondary N) is 2. The normalized spacial score (nSPS) is 23.3. The van der Waals surface area contributed by atoms with Crippen LogP contribution in [0.1, 0.15) is 17.7 Å². The minimum atomic E-state index is -3.46. The molecule has 0 aromatic carbocycles. The number of hydrogen-bond acceptors (Lipinski definition) is 6. The van der Waals surface area contributed by atoms with Crippen molar-refractivity contribution < 1.29 is 17.9 Å². The summed E-state index contributed by atoms with van der Waals surface area (Å²) >= 11 is 1.47. The fourth-order valence-electron chi connectivity index (χ4n) is 2.07. The quantitative estimate of drug-likeness (QED) is 0.768. The Hall–Kier alpha value is -0.510. The smallest absolute Gasteiger partial charge is 0.241 e. The Labute approximate surface area is 128 Å². The van der Waals surface area contributed by atoms with Crippen LogP contribution in [0.5, 0.6) is 0 Å². The minimum absolute atomic E-state index is 0.205. The summed E-state index contributed by atoms with van der Waals surface area (Å²) in [5.74, 6) is 0. The van der Waals surface area contributed by atoms with Crippen LogP contribution in [0.15, 0.2) is 16.3 Å². The molecule has 0 bridgehead atoms. The Bertz CT molecular complexity index is 562. The molecule has 3 rings (SSSR count). The monoisotopic (exact) mass is 332 g/mol. The van der Waals surface area contributed by atoms with Crippen LogP contribution in [-0.2, 0) is 26.0 Å². The van der Waals surface area contributed by atoms with E-state index in [1.165, 1.54) is 24.2 Å². The molecule has 1 saturated carbocycles. The molecular formula is C13H20N2O4S2. The summed E-state index contributed by atoms with van der Waals surface area (Å²) in [5, 5.41) is 5.07. The van der Waals surface area contributed by atoms with E-state index in [2.05, 4.69) is 10.0 Å². The van der Waals surface area contributed by atoms with E-state index < -0.39 is 10.0 Å². The van der Waals surface area contributed by atoms with Gasteiger partial charge in [0.25, 0.3) is 0 Å². The number of rotatable bonds is 7. The first-order valence-corrected chi connectivity index (χ1v) is 9.49. The minimum Gasteiger partial charge on any atom is -0.376 e. The average molecular weight is 332 g/mol. The van der Waals surface area contributed by atoms with Crippen molar-refractivity contribution in [2.75, 3.05) is 26.4 Å². The predicted molar refractivity (Wildman–Crippen MR) is 79.9 cm³/mol. The van der Waals surface area contributed by atoms with E-state index in [1.807, 2.05) is 0 Å². The average Bonchev–Trinajstić information content (AvgIpc) is 3.20. The van der Waals surface area contributed by atoms with Crippen LogP contribution in [0, 0.1) is 0 Å². The van der Waals surface area contributed by atoms with Gasteiger partial charge >= 0.3 is 0 Å². The number of sulfonamides is 1. The molecule has 2 aliphatic rings. The summed E-state index contributed by atoms with van der Waals surface area (Å²) < 4.78 is 37.7. The molecule has 21 heavy (non-hydrogen) atoms. The largest absolute Gasteiger partial charge is 0.376 e. The standard InChI is InChI=1S/C13H20N2O4S2/c16-21(17,15-6-11-8-18-3-4-19-11)13-5-12(20-9-13)7-14-10-1-2-10/h5,9-11,14-15H,1-4,6-8H2. The Morgan fingerprint density at radius 1 is 1.33 bits per heavy atom. The molecule has 1 atom stereocenters. The van der Waals surface area contributed by atoms with Crippen LogP contribution in [0.3, 0.4) is 0 Å². The predicted octanol–water partition coefficient (Wildman–Crippen LogP) is 0.694. The number of thiophene rings is 1. The Morgan fingerprint density at radius 3 is 2.90 bits per heavy atom. The first kappa shape index (κ1) is 15.4. The molecule has 0 spiro atoms. The molecule has 118 valence electrons. The Balaban J connectivity index is 1.53. The third-order valence-corrected chi connectivity index (χ3v) is 5.96.